The molecule has 1 aliphatic heterocycles. The van der Waals surface area contributed by atoms with Gasteiger partial charge >= 0.3 is 0 Å². The second-order valence-corrected chi connectivity index (χ2v) is 9.40. The molecule has 0 bridgehead atoms. The van der Waals surface area contributed by atoms with Crippen molar-refractivity contribution in [3.63, 3.8) is 0 Å². The predicted molar refractivity (Wildman–Crippen MR) is 129 cm³/mol. The van der Waals surface area contributed by atoms with Crippen molar-refractivity contribution in [1.82, 2.24) is 19.8 Å². The first-order chi connectivity index (χ1) is 13.2. The predicted octanol–water partition coefficient (Wildman–Crippen LogP) is 1.20. The van der Waals surface area contributed by atoms with Gasteiger partial charge in [-0.15, -0.1) is 24.0 Å². The minimum absolute atomic E-state index is 0. The lowest BCUT2D eigenvalue weighted by molar-refractivity contribution is 0.152. The van der Waals surface area contributed by atoms with E-state index >= 15 is 0 Å². The van der Waals surface area contributed by atoms with Crippen LogP contribution < -0.4 is 14.8 Å². The Bertz CT molecular complexity index is 735. The molecule has 0 unspecified atom stereocenters. The van der Waals surface area contributed by atoms with Gasteiger partial charge in [-0.3, -0.25) is 9.89 Å². The molecule has 1 aliphatic rings. The van der Waals surface area contributed by atoms with E-state index in [-0.39, 0.29) is 24.0 Å². The van der Waals surface area contributed by atoms with Crippen molar-refractivity contribution in [2.75, 3.05) is 59.2 Å². The SMILES string of the molecule is CN=C(NCC(C)(C)NS(C)(=O)=O)N1CCN(CCOc2ccccc2)CC1.I. The van der Waals surface area contributed by atoms with Crippen LogP contribution in [0.25, 0.3) is 0 Å². The number of guanidine groups is 1. The maximum atomic E-state index is 11.5. The first-order valence-corrected chi connectivity index (χ1v) is 11.4. The Morgan fingerprint density at radius 2 is 1.79 bits per heavy atom. The Labute approximate surface area is 192 Å². The van der Waals surface area contributed by atoms with Gasteiger partial charge in [-0.25, -0.2) is 13.1 Å². The monoisotopic (exact) mass is 539 g/mol. The van der Waals surface area contributed by atoms with E-state index in [1.54, 1.807) is 7.05 Å². The van der Waals surface area contributed by atoms with Crippen molar-refractivity contribution in [2.24, 2.45) is 4.99 Å². The smallest absolute Gasteiger partial charge is 0.209 e. The van der Waals surface area contributed by atoms with Crippen molar-refractivity contribution in [2.45, 2.75) is 19.4 Å². The molecule has 2 N–H and O–H groups in total. The zero-order valence-electron chi connectivity index (χ0n) is 17.7. The largest absolute Gasteiger partial charge is 0.492 e. The summed E-state index contributed by atoms with van der Waals surface area (Å²) in [6.07, 6.45) is 1.17. The van der Waals surface area contributed by atoms with E-state index in [2.05, 4.69) is 24.8 Å². The van der Waals surface area contributed by atoms with E-state index in [1.165, 1.54) is 6.26 Å². The summed E-state index contributed by atoms with van der Waals surface area (Å²) in [6.45, 7) is 9.31. The third-order valence-corrected chi connectivity index (χ3v) is 5.38. The highest BCUT2D eigenvalue weighted by atomic mass is 127. The third-order valence-electron chi connectivity index (χ3n) is 4.45. The maximum Gasteiger partial charge on any atom is 0.209 e. The molecule has 0 spiro atoms. The number of hydrogen-bond donors (Lipinski definition) is 2. The molecule has 166 valence electrons. The average molecular weight is 539 g/mol. The molecule has 29 heavy (non-hydrogen) atoms. The van der Waals surface area contributed by atoms with E-state index in [0.29, 0.717) is 13.2 Å². The van der Waals surface area contributed by atoms with E-state index in [4.69, 9.17) is 4.74 Å². The van der Waals surface area contributed by atoms with Crippen LogP contribution in [0.2, 0.25) is 0 Å². The summed E-state index contributed by atoms with van der Waals surface area (Å²) < 4.78 is 31.4. The van der Waals surface area contributed by atoms with Gasteiger partial charge in [0.05, 0.1) is 6.26 Å². The van der Waals surface area contributed by atoms with Gasteiger partial charge in [-0.1, -0.05) is 18.2 Å². The molecule has 1 aromatic rings. The van der Waals surface area contributed by atoms with Gasteiger partial charge in [-0.2, -0.15) is 0 Å². The highest BCUT2D eigenvalue weighted by molar-refractivity contribution is 14.0. The number of halogens is 1. The number of nitrogens with one attached hydrogen (secondary N) is 2. The number of hydrogen-bond acceptors (Lipinski definition) is 5. The zero-order valence-corrected chi connectivity index (χ0v) is 20.9. The molecule has 1 fully saturated rings. The van der Waals surface area contributed by atoms with Gasteiger partial charge in [0.2, 0.25) is 10.0 Å². The molecule has 0 aromatic heterocycles. The molecule has 1 saturated heterocycles. The van der Waals surface area contributed by atoms with Crippen LogP contribution in [0.3, 0.4) is 0 Å². The van der Waals surface area contributed by atoms with Gasteiger partial charge in [0, 0.05) is 51.9 Å². The fourth-order valence-corrected chi connectivity index (χ4v) is 4.24. The molecular weight excluding hydrogens is 505 g/mol. The van der Waals surface area contributed by atoms with E-state index in [9.17, 15) is 8.42 Å². The number of nitrogens with zero attached hydrogens (tertiary/aromatic N) is 3. The quantitative estimate of drug-likeness (QED) is 0.294. The van der Waals surface area contributed by atoms with Crippen LogP contribution in [0, 0.1) is 0 Å². The molecule has 0 amide bonds. The standard InChI is InChI=1S/C19H33N5O3S.HI/c1-19(2,22-28(4,25)26)16-21-18(20-3)24-12-10-23(11-13-24)14-15-27-17-8-6-5-7-9-17;/h5-9,22H,10-16H2,1-4H3,(H,20,21);1H. The number of rotatable bonds is 8. The molecule has 0 aliphatic carbocycles. The zero-order chi connectivity index (χ0) is 20.6. The van der Waals surface area contributed by atoms with Crippen LogP contribution in [0.5, 0.6) is 5.75 Å². The van der Waals surface area contributed by atoms with Gasteiger partial charge in [-0.05, 0) is 26.0 Å². The highest BCUT2D eigenvalue weighted by Crippen LogP contribution is 2.09. The summed E-state index contributed by atoms with van der Waals surface area (Å²) in [4.78, 5) is 8.93. The highest BCUT2D eigenvalue weighted by Gasteiger charge is 2.24. The van der Waals surface area contributed by atoms with Gasteiger partial charge in [0.25, 0.3) is 0 Å². The Morgan fingerprint density at radius 3 is 2.34 bits per heavy atom. The summed E-state index contributed by atoms with van der Waals surface area (Å²) in [5, 5.41) is 3.29. The van der Waals surface area contributed by atoms with Crippen molar-refractivity contribution in [3.05, 3.63) is 30.3 Å². The summed E-state index contributed by atoms with van der Waals surface area (Å²) in [7, 11) is -1.51. The molecule has 8 nitrogen and oxygen atoms in total. The molecule has 2 rings (SSSR count). The molecule has 0 saturated carbocycles. The number of benzene rings is 1. The second kappa shape index (κ2) is 11.9. The molecule has 1 heterocycles. The summed E-state index contributed by atoms with van der Waals surface area (Å²) >= 11 is 0. The van der Waals surface area contributed by atoms with Crippen LogP contribution in [-0.4, -0.2) is 88.9 Å². The number of ether oxygens (including phenoxy) is 1. The van der Waals surface area contributed by atoms with E-state index < -0.39 is 15.6 Å². The van der Waals surface area contributed by atoms with Gasteiger partial charge < -0.3 is 15.0 Å². The summed E-state index contributed by atoms with van der Waals surface area (Å²) in [5.74, 6) is 1.69. The molecule has 0 radical (unpaired) electrons. The second-order valence-electron chi connectivity index (χ2n) is 7.65. The molecule has 1 aromatic carbocycles. The Morgan fingerprint density at radius 1 is 1.17 bits per heavy atom. The van der Waals surface area contributed by atoms with Crippen molar-refractivity contribution < 1.29 is 13.2 Å². The van der Waals surface area contributed by atoms with Crippen LogP contribution in [0.15, 0.2) is 35.3 Å². The lowest BCUT2D eigenvalue weighted by Gasteiger charge is -2.37. The lowest BCUT2D eigenvalue weighted by Crippen LogP contribution is -2.57. The number of para-hydroxylation sites is 1. The third kappa shape index (κ3) is 9.96. The fraction of sp³-hybridized carbons (Fsp3) is 0.632. The van der Waals surface area contributed by atoms with Crippen LogP contribution in [0.1, 0.15) is 13.8 Å². The van der Waals surface area contributed by atoms with Crippen molar-refractivity contribution in [1.29, 1.82) is 0 Å². The van der Waals surface area contributed by atoms with Crippen molar-refractivity contribution in [3.8, 4) is 5.75 Å². The number of piperazine rings is 1. The van der Waals surface area contributed by atoms with E-state index in [0.717, 1.165) is 44.4 Å². The minimum atomic E-state index is -3.26. The molecule has 0 atom stereocenters. The maximum absolute atomic E-state index is 11.5. The first-order valence-electron chi connectivity index (χ1n) is 9.53. The first kappa shape index (κ1) is 25.9. The van der Waals surface area contributed by atoms with Gasteiger partial charge in [0.15, 0.2) is 5.96 Å². The topological polar surface area (TPSA) is 86.3 Å². The number of sulfonamides is 1. The fourth-order valence-electron chi connectivity index (χ4n) is 3.16. The number of aliphatic imine (C=N–C) groups is 1. The Balaban J connectivity index is 0.00000420. The van der Waals surface area contributed by atoms with Crippen LogP contribution in [0.4, 0.5) is 0 Å². The molecular formula is C19H34IN5O3S. The van der Waals surface area contributed by atoms with Crippen LogP contribution in [-0.2, 0) is 10.0 Å². The summed E-state index contributed by atoms with van der Waals surface area (Å²) in [6, 6.07) is 9.85. The lowest BCUT2D eigenvalue weighted by atomic mass is 10.1. The van der Waals surface area contributed by atoms with Crippen molar-refractivity contribution >= 4 is 40.0 Å². The Hall–Kier alpha value is -1.11. The minimum Gasteiger partial charge on any atom is -0.492 e. The molecule has 10 heteroatoms. The average Bonchev–Trinajstić information content (AvgIpc) is 2.62. The van der Waals surface area contributed by atoms with Crippen LogP contribution >= 0.6 is 24.0 Å². The van der Waals surface area contributed by atoms with E-state index in [1.807, 2.05) is 44.2 Å². The summed E-state index contributed by atoms with van der Waals surface area (Å²) in [5.41, 5.74) is -0.597. The normalized spacial score (nSPS) is 16.3. The van der Waals surface area contributed by atoms with Gasteiger partial charge in [0.1, 0.15) is 12.4 Å². The Kier molecular flexibility index (Phi) is 10.7.